The molecule has 5 nitrogen and oxygen atoms in total. The van der Waals surface area contributed by atoms with E-state index in [2.05, 4.69) is 0 Å². The van der Waals surface area contributed by atoms with Crippen LogP contribution in [0.1, 0.15) is 25.7 Å². The Morgan fingerprint density at radius 3 is 2.70 bits per heavy atom. The molecule has 3 aliphatic rings. The summed E-state index contributed by atoms with van der Waals surface area (Å²) >= 11 is 6.21. The summed E-state index contributed by atoms with van der Waals surface area (Å²) in [6, 6.07) is -0.777. The maximum absolute atomic E-state index is 12.5. The highest BCUT2D eigenvalue weighted by atomic mass is 35.5. The number of nitrogens with zero attached hydrogens (tertiary/aromatic N) is 1. The number of likely N-dealkylation sites (tertiary alicyclic amines) is 1. The summed E-state index contributed by atoms with van der Waals surface area (Å²) in [4.78, 5) is 14.2. The Balaban J connectivity index is 0.00000147. The number of rotatable bonds is 2. The molecule has 3 N–H and O–H groups in total. The SMILES string of the molecule is Cl.N[C@H](C(=O)N1C[C@H](Cl)[C@H]2OC[C@H](O)[C@H]21)C1CCCC1. The predicted octanol–water partition coefficient (Wildman–Crippen LogP) is 0.504. The van der Waals surface area contributed by atoms with Crippen molar-refractivity contribution in [1.29, 1.82) is 0 Å². The molecule has 1 saturated carbocycles. The van der Waals surface area contributed by atoms with E-state index in [1.807, 2.05) is 0 Å². The van der Waals surface area contributed by atoms with Crippen molar-refractivity contribution >= 4 is 29.9 Å². The van der Waals surface area contributed by atoms with Gasteiger partial charge in [-0.05, 0) is 18.8 Å². The number of carbonyl (C=O) groups excluding carboxylic acids is 1. The van der Waals surface area contributed by atoms with Gasteiger partial charge in [0.05, 0.1) is 30.2 Å². The minimum Gasteiger partial charge on any atom is -0.388 e. The van der Waals surface area contributed by atoms with Crippen LogP contribution in [-0.4, -0.2) is 58.7 Å². The van der Waals surface area contributed by atoms with Crippen molar-refractivity contribution in [2.24, 2.45) is 11.7 Å². The third kappa shape index (κ3) is 2.66. The first-order chi connectivity index (χ1) is 9.09. The second-order valence-corrected chi connectivity index (χ2v) is 6.49. The third-order valence-corrected chi connectivity index (χ3v) is 5.14. The Labute approximate surface area is 130 Å². The zero-order valence-electron chi connectivity index (χ0n) is 11.3. The van der Waals surface area contributed by atoms with Crippen LogP contribution in [0, 0.1) is 5.92 Å². The lowest BCUT2D eigenvalue weighted by atomic mass is 9.97. The van der Waals surface area contributed by atoms with Gasteiger partial charge in [-0.15, -0.1) is 24.0 Å². The van der Waals surface area contributed by atoms with E-state index in [1.54, 1.807) is 4.90 Å². The van der Waals surface area contributed by atoms with E-state index in [0.29, 0.717) is 6.54 Å². The molecule has 20 heavy (non-hydrogen) atoms. The van der Waals surface area contributed by atoms with Crippen LogP contribution in [0.15, 0.2) is 0 Å². The second-order valence-electron chi connectivity index (χ2n) is 5.93. The quantitative estimate of drug-likeness (QED) is 0.725. The summed E-state index contributed by atoms with van der Waals surface area (Å²) in [6.07, 6.45) is 3.46. The van der Waals surface area contributed by atoms with E-state index in [-0.39, 0.29) is 48.4 Å². The van der Waals surface area contributed by atoms with E-state index < -0.39 is 12.1 Å². The van der Waals surface area contributed by atoms with Gasteiger partial charge < -0.3 is 20.5 Å². The monoisotopic (exact) mass is 324 g/mol. The van der Waals surface area contributed by atoms with Gasteiger partial charge in [0.25, 0.3) is 0 Å². The van der Waals surface area contributed by atoms with E-state index in [9.17, 15) is 9.90 Å². The van der Waals surface area contributed by atoms with Gasteiger partial charge in [-0.1, -0.05) is 12.8 Å². The summed E-state index contributed by atoms with van der Waals surface area (Å²) in [5, 5.41) is 9.72. The molecule has 3 rings (SSSR count). The van der Waals surface area contributed by atoms with E-state index in [1.165, 1.54) is 0 Å². The lowest BCUT2D eigenvalue weighted by Crippen LogP contribution is -2.52. The van der Waals surface area contributed by atoms with Crippen molar-refractivity contribution in [2.75, 3.05) is 13.2 Å². The Morgan fingerprint density at radius 1 is 1.40 bits per heavy atom. The molecular weight excluding hydrogens is 303 g/mol. The minimum atomic E-state index is -0.645. The van der Waals surface area contributed by atoms with Crippen molar-refractivity contribution in [3.8, 4) is 0 Å². The maximum atomic E-state index is 12.5. The first-order valence-electron chi connectivity index (χ1n) is 7.09. The van der Waals surface area contributed by atoms with Gasteiger partial charge in [0.2, 0.25) is 5.91 Å². The molecular formula is C13H22Cl2N2O3. The Bertz CT molecular complexity index is 366. The van der Waals surface area contributed by atoms with Gasteiger partial charge in [0, 0.05) is 6.54 Å². The highest BCUT2D eigenvalue weighted by Gasteiger charge is 2.52. The van der Waals surface area contributed by atoms with Gasteiger partial charge in [-0.25, -0.2) is 0 Å². The highest BCUT2D eigenvalue weighted by molar-refractivity contribution is 6.21. The van der Waals surface area contributed by atoms with Crippen LogP contribution in [-0.2, 0) is 9.53 Å². The number of halogens is 2. The van der Waals surface area contributed by atoms with Crippen LogP contribution in [0.25, 0.3) is 0 Å². The lowest BCUT2D eigenvalue weighted by molar-refractivity contribution is -0.136. The van der Waals surface area contributed by atoms with Gasteiger partial charge in [0.15, 0.2) is 0 Å². The number of fused-ring (bicyclic) bond motifs is 1. The smallest absolute Gasteiger partial charge is 0.240 e. The molecule has 0 aromatic carbocycles. The zero-order valence-corrected chi connectivity index (χ0v) is 12.9. The number of hydrogen-bond acceptors (Lipinski definition) is 4. The van der Waals surface area contributed by atoms with Gasteiger partial charge in [0.1, 0.15) is 6.10 Å². The average Bonchev–Trinajstić information content (AvgIpc) is 3.08. The molecule has 2 aliphatic heterocycles. The highest BCUT2D eigenvalue weighted by Crippen LogP contribution is 2.35. The number of carbonyl (C=O) groups is 1. The predicted molar refractivity (Wildman–Crippen MR) is 78.1 cm³/mol. The number of aliphatic hydroxyl groups excluding tert-OH is 1. The molecule has 0 spiro atoms. The number of amides is 1. The molecule has 0 aromatic rings. The van der Waals surface area contributed by atoms with Crippen LogP contribution >= 0.6 is 24.0 Å². The number of nitrogens with two attached hydrogens (primary N) is 1. The summed E-state index contributed by atoms with van der Waals surface area (Å²) in [6.45, 7) is 0.675. The molecule has 2 saturated heterocycles. The van der Waals surface area contributed by atoms with Crippen LogP contribution in [0.3, 0.4) is 0 Å². The molecule has 1 aliphatic carbocycles. The number of ether oxygens (including phenoxy) is 1. The first-order valence-corrected chi connectivity index (χ1v) is 7.53. The molecule has 1 amide bonds. The van der Waals surface area contributed by atoms with Gasteiger partial charge in [-0.3, -0.25) is 4.79 Å². The van der Waals surface area contributed by atoms with Crippen molar-refractivity contribution in [2.45, 2.75) is 55.4 Å². The maximum Gasteiger partial charge on any atom is 0.240 e. The van der Waals surface area contributed by atoms with Gasteiger partial charge >= 0.3 is 0 Å². The van der Waals surface area contributed by atoms with E-state index >= 15 is 0 Å². The number of aliphatic hydroxyl groups is 1. The zero-order chi connectivity index (χ0) is 13.6. The summed E-state index contributed by atoms with van der Waals surface area (Å²) in [5.41, 5.74) is 6.12. The molecule has 0 unspecified atom stereocenters. The molecule has 7 heteroatoms. The van der Waals surface area contributed by atoms with Crippen molar-refractivity contribution in [3.05, 3.63) is 0 Å². The van der Waals surface area contributed by atoms with Crippen LogP contribution in [0.2, 0.25) is 0 Å². The average molecular weight is 325 g/mol. The molecule has 0 aromatic heterocycles. The lowest BCUT2D eigenvalue weighted by Gasteiger charge is -2.29. The summed E-state index contributed by atoms with van der Waals surface area (Å²) < 4.78 is 5.47. The Hall–Kier alpha value is -0.0700. The molecule has 3 fully saturated rings. The summed E-state index contributed by atoms with van der Waals surface area (Å²) in [5.74, 6) is 0.203. The molecule has 0 radical (unpaired) electrons. The van der Waals surface area contributed by atoms with E-state index in [4.69, 9.17) is 22.1 Å². The fourth-order valence-electron chi connectivity index (χ4n) is 3.69. The third-order valence-electron chi connectivity index (χ3n) is 4.75. The fourth-order valence-corrected chi connectivity index (χ4v) is 4.06. The summed E-state index contributed by atoms with van der Waals surface area (Å²) in [7, 11) is 0. The van der Waals surface area contributed by atoms with Crippen molar-refractivity contribution in [1.82, 2.24) is 4.90 Å². The number of hydrogen-bond donors (Lipinski definition) is 2. The normalized spacial score (nSPS) is 38.6. The topological polar surface area (TPSA) is 75.8 Å². The van der Waals surface area contributed by atoms with Crippen molar-refractivity contribution < 1.29 is 14.6 Å². The van der Waals surface area contributed by atoms with Crippen LogP contribution in [0.5, 0.6) is 0 Å². The first kappa shape index (κ1) is 16.3. The largest absolute Gasteiger partial charge is 0.388 e. The molecule has 0 bridgehead atoms. The van der Waals surface area contributed by atoms with Crippen LogP contribution in [0.4, 0.5) is 0 Å². The van der Waals surface area contributed by atoms with E-state index in [0.717, 1.165) is 25.7 Å². The van der Waals surface area contributed by atoms with Crippen molar-refractivity contribution in [3.63, 3.8) is 0 Å². The molecule has 5 atom stereocenters. The molecule has 116 valence electrons. The standard InChI is InChI=1S/C13H21ClN2O3.ClH/c14-8-5-16(11-9(17)6-19-12(8)11)13(18)10(15)7-3-1-2-4-7;/h7-12,17H,1-6,15H2;1H/t8-,9-,10-,11+,12+;/m0./s1. The van der Waals surface area contributed by atoms with Gasteiger partial charge in [-0.2, -0.15) is 0 Å². The Kier molecular flexibility index (Phi) is 5.19. The molecule has 2 heterocycles. The van der Waals surface area contributed by atoms with Crippen LogP contribution < -0.4 is 5.73 Å². The number of alkyl halides is 1. The fraction of sp³-hybridized carbons (Fsp3) is 0.923. The second kappa shape index (κ2) is 6.36. The minimum absolute atomic E-state index is 0. The Morgan fingerprint density at radius 2 is 2.05 bits per heavy atom.